The molecule has 98 valence electrons. The van der Waals surface area contributed by atoms with Gasteiger partial charge < -0.3 is 19.0 Å². The van der Waals surface area contributed by atoms with Crippen LogP contribution in [0.2, 0.25) is 0 Å². The molecule has 0 aromatic rings. The molecule has 2 nitrogen and oxygen atoms in total. The molecule has 0 aromatic heterocycles. The van der Waals surface area contributed by atoms with Crippen LogP contribution in [-0.4, -0.2) is 11.6 Å². The summed E-state index contributed by atoms with van der Waals surface area (Å²) in [5.41, 5.74) is 0.529. The van der Waals surface area contributed by atoms with E-state index >= 15 is 0 Å². The van der Waals surface area contributed by atoms with E-state index in [1.807, 2.05) is 0 Å². The van der Waals surface area contributed by atoms with Crippen molar-refractivity contribution in [2.45, 2.75) is 53.9 Å². The monoisotopic (exact) mass is 267 g/mol. The van der Waals surface area contributed by atoms with E-state index in [4.69, 9.17) is 9.90 Å². The fraction of sp³-hybridized carbons (Fsp3) is 0.786. The van der Waals surface area contributed by atoms with E-state index in [0.29, 0.717) is 11.3 Å². The van der Waals surface area contributed by atoms with Crippen LogP contribution in [0.15, 0.2) is 0 Å². The van der Waals surface area contributed by atoms with Gasteiger partial charge in [0.2, 0.25) is 0 Å². The van der Waals surface area contributed by atoms with Gasteiger partial charge in [-0.2, -0.15) is 11.3 Å². The Bertz CT molecular complexity index is 183. The molecule has 0 fully saturated rings. The zero-order valence-electron chi connectivity index (χ0n) is 12.5. The van der Waals surface area contributed by atoms with Crippen molar-refractivity contribution in [2.24, 2.45) is 16.7 Å². The number of hydrogen-bond donors (Lipinski definition) is 1. The maximum absolute atomic E-state index is 8.36. The van der Waals surface area contributed by atoms with E-state index in [-0.39, 0.29) is 63.3 Å². The summed E-state index contributed by atoms with van der Waals surface area (Å²) in [5, 5.41) is 6.89. The van der Waals surface area contributed by atoms with Crippen LogP contribution in [-0.2, 0) is 4.79 Å². The molecule has 0 spiro atoms. The van der Waals surface area contributed by atoms with Gasteiger partial charge in [-0.1, -0.05) is 59.3 Å². The number of carboxylic acid groups (broad SMARTS) is 1. The quantitative estimate of drug-likeness (QED) is 0.472. The van der Waals surface area contributed by atoms with Crippen LogP contribution in [0.1, 0.15) is 53.9 Å². The molecule has 2 atom stereocenters. The van der Waals surface area contributed by atoms with E-state index in [1.54, 1.807) is 0 Å². The minimum absolute atomic E-state index is 0. The van der Waals surface area contributed by atoms with Gasteiger partial charge in [0.05, 0.1) is 0 Å². The summed E-state index contributed by atoms with van der Waals surface area (Å²) in [6, 6.07) is 0. The van der Waals surface area contributed by atoms with Gasteiger partial charge in [0.1, 0.15) is 0 Å². The summed E-state index contributed by atoms with van der Waals surface area (Å²) in [7, 11) is 0. The molecule has 1 N–H and O–H groups in total. The van der Waals surface area contributed by atoms with Crippen LogP contribution < -0.4 is 51.4 Å². The van der Waals surface area contributed by atoms with Gasteiger partial charge in [-0.05, 0) is 0 Å². The Morgan fingerprint density at radius 1 is 1.29 bits per heavy atom. The second-order valence-electron chi connectivity index (χ2n) is 5.93. The average Bonchev–Trinajstić information content (AvgIpc) is 2.02. The van der Waals surface area contributed by atoms with Crippen molar-refractivity contribution in [1.29, 1.82) is 0 Å². The normalized spacial score (nSPS) is 15.7. The molecule has 0 amide bonds. The minimum Gasteiger partial charge on any atom is -0.483 e. The van der Waals surface area contributed by atoms with Crippen molar-refractivity contribution >= 4 is 6.47 Å². The second kappa shape index (κ2) is 11.0. The third kappa shape index (κ3) is 15.0. The largest absolute Gasteiger partial charge is 1.00 e. The van der Waals surface area contributed by atoms with Crippen LogP contribution in [0.25, 0.3) is 0 Å². The van der Waals surface area contributed by atoms with Crippen molar-refractivity contribution in [3.05, 3.63) is 13.8 Å². The van der Waals surface area contributed by atoms with Gasteiger partial charge >= 0.3 is 51.4 Å². The van der Waals surface area contributed by atoms with Gasteiger partial charge in [-0.15, -0.1) is 0 Å². The Balaban J connectivity index is -0.000000440. The molecule has 0 aromatic carbocycles. The molecular weight excluding hydrogens is 239 g/mol. The van der Waals surface area contributed by atoms with Gasteiger partial charge in [0, 0.05) is 0 Å². The minimum atomic E-state index is -0.250. The molecule has 1 unspecified atom stereocenters. The van der Waals surface area contributed by atoms with Crippen molar-refractivity contribution in [1.82, 2.24) is 0 Å². The SMILES string of the molecule is O=CO.[CH2-]C(C[C@]([CH2-])(C)CCC)C(C)(C)C.[K+]. The molecule has 0 saturated carbocycles. The van der Waals surface area contributed by atoms with Gasteiger partial charge in [0.25, 0.3) is 6.47 Å². The third-order valence-corrected chi connectivity index (χ3v) is 2.82. The van der Waals surface area contributed by atoms with Crippen molar-refractivity contribution in [3.8, 4) is 0 Å². The topological polar surface area (TPSA) is 37.3 Å². The van der Waals surface area contributed by atoms with Gasteiger partial charge in [-0.3, -0.25) is 4.79 Å². The van der Waals surface area contributed by atoms with Crippen molar-refractivity contribution in [2.75, 3.05) is 0 Å². The van der Waals surface area contributed by atoms with Crippen LogP contribution in [0.4, 0.5) is 0 Å². The molecule has 0 aliphatic rings. The Hall–Kier alpha value is 1.11. The predicted octanol–water partition coefficient (Wildman–Crippen LogP) is 1.22. The van der Waals surface area contributed by atoms with E-state index in [9.17, 15) is 0 Å². The van der Waals surface area contributed by atoms with Crippen LogP contribution >= 0.6 is 0 Å². The zero-order valence-corrected chi connectivity index (χ0v) is 15.7. The van der Waals surface area contributed by atoms with Gasteiger partial charge in [-0.25, -0.2) is 0 Å². The molecule has 0 bridgehead atoms. The molecule has 0 rings (SSSR count). The maximum atomic E-state index is 8.36. The molecule has 0 heterocycles. The fourth-order valence-corrected chi connectivity index (χ4v) is 1.61. The molecular formula is C14H28KO2-. The predicted molar refractivity (Wildman–Crippen MR) is 70.0 cm³/mol. The standard InChI is InChI=1S/C13H26.CH2O2.K/c1-8-9-13(6,7)10-11(2)12(3,4)5;2-1-3;/h11H,2,6,8-10H2,1,3-5,7H3;1H,(H,2,3);/q-2;;+1/t11?,13-;;/m1../s1. The molecule has 0 radical (unpaired) electrons. The maximum Gasteiger partial charge on any atom is 1.00 e. The smallest absolute Gasteiger partial charge is 0.483 e. The fourth-order valence-electron chi connectivity index (χ4n) is 1.61. The first-order chi connectivity index (χ1) is 7.10. The summed E-state index contributed by atoms with van der Waals surface area (Å²) in [6.45, 7) is 19.5. The van der Waals surface area contributed by atoms with E-state index < -0.39 is 0 Å². The number of hydrogen-bond acceptors (Lipinski definition) is 1. The van der Waals surface area contributed by atoms with E-state index in [0.717, 1.165) is 6.42 Å². The summed E-state index contributed by atoms with van der Waals surface area (Å²) >= 11 is 0. The van der Waals surface area contributed by atoms with Crippen LogP contribution in [0.5, 0.6) is 0 Å². The average molecular weight is 267 g/mol. The molecule has 0 aliphatic heterocycles. The first-order valence-corrected chi connectivity index (χ1v) is 5.87. The van der Waals surface area contributed by atoms with Crippen LogP contribution in [0.3, 0.4) is 0 Å². The number of carbonyl (C=O) groups is 1. The summed E-state index contributed by atoms with van der Waals surface area (Å²) in [5.74, 6) is 0.501. The number of rotatable bonds is 4. The van der Waals surface area contributed by atoms with Crippen molar-refractivity contribution in [3.63, 3.8) is 0 Å². The van der Waals surface area contributed by atoms with E-state index in [1.165, 1.54) is 12.8 Å². The Kier molecular flexibility index (Phi) is 15.0. The molecule has 0 aliphatic carbocycles. The Labute approximate surface area is 150 Å². The molecule has 17 heavy (non-hydrogen) atoms. The molecule has 3 heteroatoms. The Morgan fingerprint density at radius 3 is 1.88 bits per heavy atom. The van der Waals surface area contributed by atoms with Gasteiger partial charge in [0.15, 0.2) is 0 Å². The van der Waals surface area contributed by atoms with E-state index in [2.05, 4.69) is 48.5 Å². The first-order valence-electron chi connectivity index (χ1n) is 5.87. The second-order valence-corrected chi connectivity index (χ2v) is 5.93. The Morgan fingerprint density at radius 2 is 1.65 bits per heavy atom. The summed E-state index contributed by atoms with van der Waals surface area (Å²) in [4.78, 5) is 8.36. The van der Waals surface area contributed by atoms with Crippen LogP contribution in [0, 0.1) is 30.6 Å². The summed E-state index contributed by atoms with van der Waals surface area (Å²) in [6.07, 6.45) is 3.55. The van der Waals surface area contributed by atoms with Crippen molar-refractivity contribution < 1.29 is 61.3 Å². The summed E-state index contributed by atoms with van der Waals surface area (Å²) < 4.78 is 0. The third-order valence-electron chi connectivity index (χ3n) is 2.82. The zero-order chi connectivity index (χ0) is 13.4. The first kappa shape index (κ1) is 23.2. The molecule has 0 saturated heterocycles.